The van der Waals surface area contributed by atoms with E-state index in [0.717, 1.165) is 19.5 Å². The van der Waals surface area contributed by atoms with Crippen LogP contribution in [0, 0.1) is 0 Å². The van der Waals surface area contributed by atoms with E-state index in [1.54, 1.807) is 0 Å². The van der Waals surface area contributed by atoms with Crippen LogP contribution in [0.3, 0.4) is 0 Å². The van der Waals surface area contributed by atoms with Crippen molar-refractivity contribution in [2.24, 2.45) is 0 Å². The normalized spacial score (nSPS) is 23.0. The number of hydrogen-bond donors (Lipinski definition) is 1. The van der Waals surface area contributed by atoms with E-state index in [2.05, 4.69) is 30.8 Å². The van der Waals surface area contributed by atoms with Crippen LogP contribution >= 0.6 is 0 Å². The minimum Gasteiger partial charge on any atom is -0.337 e. The number of hydrogen-bond acceptors (Lipinski definition) is 3. The van der Waals surface area contributed by atoms with E-state index in [1.165, 1.54) is 25.7 Å². The monoisotopic (exact) mass is 273 g/mol. The summed E-state index contributed by atoms with van der Waals surface area (Å²) in [5.74, 6) is 0. The van der Waals surface area contributed by atoms with E-state index in [1.807, 2.05) is 31.0 Å². The predicted octanol–water partition coefficient (Wildman–Crippen LogP) is 2.24. The van der Waals surface area contributed by atoms with Crippen molar-refractivity contribution in [2.45, 2.75) is 50.7 Å². The Hall–Kier alpha value is -1.62. The van der Waals surface area contributed by atoms with Crippen molar-refractivity contribution in [2.75, 3.05) is 6.54 Å². The summed E-state index contributed by atoms with van der Waals surface area (Å²) in [6.45, 7) is 2.09. The molecule has 1 aliphatic carbocycles. The van der Waals surface area contributed by atoms with Gasteiger partial charge in [0.2, 0.25) is 0 Å². The number of rotatable bonds is 6. The first kappa shape index (κ1) is 13.4. The quantitative estimate of drug-likeness (QED) is 0.821. The van der Waals surface area contributed by atoms with Gasteiger partial charge in [0.15, 0.2) is 0 Å². The van der Waals surface area contributed by atoms with Gasteiger partial charge < -0.3 is 9.88 Å². The molecule has 1 N–H and O–H groups in total. The van der Waals surface area contributed by atoms with E-state index in [0.29, 0.717) is 12.1 Å². The Kier molecular flexibility index (Phi) is 4.48. The molecule has 0 aromatic carbocycles. The van der Waals surface area contributed by atoms with E-state index < -0.39 is 0 Å². The molecule has 0 saturated heterocycles. The molecule has 20 heavy (non-hydrogen) atoms. The summed E-state index contributed by atoms with van der Waals surface area (Å²) in [5, 5.41) is 8.15. The number of aryl methyl sites for hydroxylation is 1. The smallest absolute Gasteiger partial charge is 0.0945 e. The van der Waals surface area contributed by atoms with Gasteiger partial charge >= 0.3 is 0 Å². The lowest BCUT2D eigenvalue weighted by molar-refractivity contribution is 0.246. The van der Waals surface area contributed by atoms with E-state index in [9.17, 15) is 0 Å². The van der Waals surface area contributed by atoms with Crippen molar-refractivity contribution < 1.29 is 0 Å². The molecule has 2 atom stereocenters. The molecule has 0 bridgehead atoms. The first-order chi connectivity index (χ1) is 9.93. The van der Waals surface area contributed by atoms with Gasteiger partial charge in [-0.2, -0.15) is 5.10 Å². The topological polar surface area (TPSA) is 47.7 Å². The zero-order chi connectivity index (χ0) is 13.6. The number of imidazole rings is 1. The summed E-state index contributed by atoms with van der Waals surface area (Å²) in [4.78, 5) is 4.07. The van der Waals surface area contributed by atoms with Crippen molar-refractivity contribution in [3.63, 3.8) is 0 Å². The molecule has 5 nitrogen and oxygen atoms in total. The fourth-order valence-corrected chi connectivity index (χ4v) is 3.11. The fraction of sp³-hybridized carbons (Fsp3) is 0.600. The van der Waals surface area contributed by atoms with Crippen molar-refractivity contribution in [3.05, 3.63) is 37.2 Å². The highest BCUT2D eigenvalue weighted by atomic mass is 15.3. The van der Waals surface area contributed by atoms with Gasteiger partial charge in [0.1, 0.15) is 0 Å². The molecule has 0 spiro atoms. The highest BCUT2D eigenvalue weighted by molar-refractivity contribution is 4.89. The van der Waals surface area contributed by atoms with Gasteiger partial charge in [-0.1, -0.05) is 12.8 Å². The Labute approximate surface area is 120 Å². The Morgan fingerprint density at radius 3 is 2.90 bits per heavy atom. The molecule has 1 aliphatic rings. The third kappa shape index (κ3) is 3.28. The molecule has 2 unspecified atom stereocenters. The highest BCUT2D eigenvalue weighted by Gasteiger charge is 2.25. The molecule has 5 heteroatoms. The molecule has 0 radical (unpaired) electrons. The second-order valence-corrected chi connectivity index (χ2v) is 5.55. The largest absolute Gasteiger partial charge is 0.337 e. The first-order valence-electron chi connectivity index (χ1n) is 7.62. The van der Waals surface area contributed by atoms with E-state index in [-0.39, 0.29) is 0 Å². The average molecular weight is 273 g/mol. The minimum atomic E-state index is 0.520. The van der Waals surface area contributed by atoms with Crippen LogP contribution in [-0.2, 0) is 6.54 Å². The minimum absolute atomic E-state index is 0.520. The standard InChI is InChI=1S/C15H23N5/c1-2-6-15(20-11-4-8-18-20)14(5-1)17-7-3-10-19-12-9-16-13-19/h4,8-9,11-15,17H,1-3,5-7,10H2. The lowest BCUT2D eigenvalue weighted by Crippen LogP contribution is -2.40. The second-order valence-electron chi connectivity index (χ2n) is 5.55. The molecule has 1 saturated carbocycles. The fourth-order valence-electron chi connectivity index (χ4n) is 3.11. The maximum absolute atomic E-state index is 4.42. The summed E-state index contributed by atoms with van der Waals surface area (Å²) < 4.78 is 4.26. The number of aromatic nitrogens is 4. The van der Waals surface area contributed by atoms with Gasteiger partial charge in [0.05, 0.1) is 12.4 Å². The Balaban J connectivity index is 1.47. The van der Waals surface area contributed by atoms with Crippen LogP contribution in [0.25, 0.3) is 0 Å². The zero-order valence-electron chi connectivity index (χ0n) is 11.9. The van der Waals surface area contributed by atoms with Crippen LogP contribution in [0.5, 0.6) is 0 Å². The number of nitrogens with one attached hydrogen (secondary N) is 1. The average Bonchev–Trinajstić information content (AvgIpc) is 3.17. The van der Waals surface area contributed by atoms with E-state index in [4.69, 9.17) is 0 Å². The van der Waals surface area contributed by atoms with Gasteiger partial charge in [-0.25, -0.2) is 4.98 Å². The summed E-state index contributed by atoms with van der Waals surface area (Å²) in [5.41, 5.74) is 0. The molecule has 2 aromatic rings. The van der Waals surface area contributed by atoms with Gasteiger partial charge in [0, 0.05) is 37.4 Å². The summed E-state index contributed by atoms with van der Waals surface area (Å²) in [6, 6.07) is 3.10. The first-order valence-corrected chi connectivity index (χ1v) is 7.62. The summed E-state index contributed by atoms with van der Waals surface area (Å²) in [6.07, 6.45) is 16.0. The molecule has 2 heterocycles. The molecule has 0 amide bonds. The highest BCUT2D eigenvalue weighted by Crippen LogP contribution is 2.27. The zero-order valence-corrected chi connectivity index (χ0v) is 11.9. The third-order valence-corrected chi connectivity index (χ3v) is 4.15. The van der Waals surface area contributed by atoms with Crippen LogP contribution < -0.4 is 5.32 Å². The maximum atomic E-state index is 4.42. The third-order valence-electron chi connectivity index (χ3n) is 4.15. The van der Waals surface area contributed by atoms with Crippen LogP contribution in [0.2, 0.25) is 0 Å². The Morgan fingerprint density at radius 1 is 1.15 bits per heavy atom. The van der Waals surface area contributed by atoms with Crippen molar-refractivity contribution in [3.8, 4) is 0 Å². The van der Waals surface area contributed by atoms with E-state index >= 15 is 0 Å². The molecule has 2 aromatic heterocycles. The van der Waals surface area contributed by atoms with Gasteiger partial charge in [-0.15, -0.1) is 0 Å². The molecular weight excluding hydrogens is 250 g/mol. The van der Waals surface area contributed by atoms with Crippen molar-refractivity contribution >= 4 is 0 Å². The van der Waals surface area contributed by atoms with Gasteiger partial charge in [-0.3, -0.25) is 4.68 Å². The molecule has 0 aliphatic heterocycles. The van der Waals surface area contributed by atoms with Crippen molar-refractivity contribution in [1.29, 1.82) is 0 Å². The predicted molar refractivity (Wildman–Crippen MR) is 78.4 cm³/mol. The van der Waals surface area contributed by atoms with Crippen LogP contribution in [0.1, 0.15) is 38.1 Å². The maximum Gasteiger partial charge on any atom is 0.0945 e. The Morgan fingerprint density at radius 2 is 2.10 bits per heavy atom. The van der Waals surface area contributed by atoms with Crippen LogP contribution in [0.15, 0.2) is 37.2 Å². The van der Waals surface area contributed by atoms with Crippen molar-refractivity contribution in [1.82, 2.24) is 24.6 Å². The van der Waals surface area contributed by atoms with Crippen LogP contribution in [0.4, 0.5) is 0 Å². The molecule has 108 valence electrons. The number of nitrogens with zero attached hydrogens (tertiary/aromatic N) is 4. The SMILES string of the molecule is c1cnn(C2CCCCC2NCCCn2ccnc2)c1. The summed E-state index contributed by atoms with van der Waals surface area (Å²) in [7, 11) is 0. The van der Waals surface area contributed by atoms with Crippen LogP contribution in [-0.4, -0.2) is 31.9 Å². The van der Waals surface area contributed by atoms with Gasteiger partial charge in [0.25, 0.3) is 0 Å². The molecular formula is C15H23N5. The molecule has 3 rings (SSSR count). The Bertz CT molecular complexity index is 476. The second kappa shape index (κ2) is 6.70. The molecule has 1 fully saturated rings. The van der Waals surface area contributed by atoms with Gasteiger partial charge in [-0.05, 0) is 31.9 Å². The lowest BCUT2D eigenvalue weighted by Gasteiger charge is -2.32. The summed E-state index contributed by atoms with van der Waals surface area (Å²) >= 11 is 0. The lowest BCUT2D eigenvalue weighted by atomic mass is 9.90.